The number of likely N-dealkylation sites (tertiary alicyclic amines) is 1. The van der Waals surface area contributed by atoms with Crippen LogP contribution < -0.4 is 15.6 Å². The molecule has 2 fully saturated rings. The van der Waals surface area contributed by atoms with E-state index in [0.717, 1.165) is 35.8 Å². The number of hydrogen-bond acceptors (Lipinski definition) is 6. The third-order valence-corrected chi connectivity index (χ3v) is 8.81. The summed E-state index contributed by atoms with van der Waals surface area (Å²) in [5.74, 6) is -0.910. The SMILES string of the molecule is O=C(N[C@H](Cc1ccc(Cl)cc1)C(=O)N1CCN(c2ccccc2CN2CCCC2=O)CC1)c1cc(=O)c2cc(Cl)ccc2o1. The van der Waals surface area contributed by atoms with Gasteiger partial charge < -0.3 is 24.4 Å². The molecule has 3 amide bonds. The highest BCUT2D eigenvalue weighted by Crippen LogP contribution is 2.26. The number of benzene rings is 3. The fraction of sp³-hybridized carbons (Fsp3) is 0.294. The number of amides is 3. The molecule has 0 aliphatic carbocycles. The van der Waals surface area contributed by atoms with Gasteiger partial charge >= 0.3 is 0 Å². The molecule has 2 aliphatic heterocycles. The van der Waals surface area contributed by atoms with E-state index in [1.807, 2.05) is 29.2 Å². The smallest absolute Gasteiger partial charge is 0.287 e. The van der Waals surface area contributed by atoms with Crippen molar-refractivity contribution in [2.24, 2.45) is 0 Å². The maximum Gasteiger partial charge on any atom is 0.287 e. The Morgan fingerprint density at radius 1 is 0.867 bits per heavy atom. The van der Waals surface area contributed by atoms with Crippen LogP contribution in [0.1, 0.15) is 34.5 Å². The molecule has 0 bridgehead atoms. The molecule has 3 heterocycles. The summed E-state index contributed by atoms with van der Waals surface area (Å²) in [6, 6.07) is 20.0. The predicted octanol–water partition coefficient (Wildman–Crippen LogP) is 4.91. The van der Waals surface area contributed by atoms with E-state index in [9.17, 15) is 19.2 Å². The average molecular weight is 648 g/mol. The van der Waals surface area contributed by atoms with E-state index in [1.165, 1.54) is 12.1 Å². The zero-order valence-corrected chi connectivity index (χ0v) is 26.0. The van der Waals surface area contributed by atoms with Crippen molar-refractivity contribution in [2.45, 2.75) is 31.8 Å². The summed E-state index contributed by atoms with van der Waals surface area (Å²) in [6.45, 7) is 3.44. The van der Waals surface area contributed by atoms with Gasteiger partial charge in [-0.25, -0.2) is 0 Å². The molecule has 11 heteroatoms. The molecule has 2 saturated heterocycles. The van der Waals surface area contributed by atoms with Crippen molar-refractivity contribution in [3.05, 3.63) is 110 Å². The number of nitrogens with one attached hydrogen (secondary N) is 1. The second kappa shape index (κ2) is 13.3. The number of carbonyl (C=O) groups is 3. The quantitative estimate of drug-likeness (QED) is 0.292. The number of piperazine rings is 1. The molecule has 0 radical (unpaired) electrons. The molecule has 45 heavy (non-hydrogen) atoms. The highest BCUT2D eigenvalue weighted by molar-refractivity contribution is 6.31. The second-order valence-corrected chi connectivity index (χ2v) is 12.2. The Morgan fingerprint density at radius 3 is 2.33 bits per heavy atom. The molecular weight excluding hydrogens is 615 g/mol. The third-order valence-electron chi connectivity index (χ3n) is 8.33. The van der Waals surface area contributed by atoms with Gasteiger partial charge in [0.15, 0.2) is 11.2 Å². The van der Waals surface area contributed by atoms with Crippen LogP contribution in [0.5, 0.6) is 0 Å². The number of anilines is 1. The molecule has 1 atom stereocenters. The van der Waals surface area contributed by atoms with Gasteiger partial charge in [0.05, 0.1) is 5.39 Å². The molecule has 0 unspecified atom stereocenters. The van der Waals surface area contributed by atoms with Gasteiger partial charge in [-0.05, 0) is 53.9 Å². The summed E-state index contributed by atoms with van der Waals surface area (Å²) in [6.07, 6.45) is 1.71. The lowest BCUT2D eigenvalue weighted by Crippen LogP contribution is -2.55. The van der Waals surface area contributed by atoms with E-state index in [0.29, 0.717) is 49.2 Å². The van der Waals surface area contributed by atoms with Gasteiger partial charge in [-0.3, -0.25) is 19.2 Å². The topological polar surface area (TPSA) is 103 Å². The van der Waals surface area contributed by atoms with Crippen molar-refractivity contribution in [3.63, 3.8) is 0 Å². The molecule has 4 aromatic rings. The summed E-state index contributed by atoms with van der Waals surface area (Å²) in [5, 5.41) is 4.03. The van der Waals surface area contributed by atoms with E-state index in [-0.39, 0.29) is 35.0 Å². The molecule has 3 aromatic carbocycles. The Balaban J connectivity index is 1.18. The van der Waals surface area contributed by atoms with E-state index < -0.39 is 17.4 Å². The molecule has 0 saturated carbocycles. The molecular formula is C34H32Cl2N4O5. The first-order valence-corrected chi connectivity index (χ1v) is 15.7. The monoisotopic (exact) mass is 646 g/mol. The zero-order chi connectivity index (χ0) is 31.5. The summed E-state index contributed by atoms with van der Waals surface area (Å²) in [7, 11) is 0. The molecule has 0 spiro atoms. The number of carbonyl (C=O) groups excluding carboxylic acids is 3. The van der Waals surface area contributed by atoms with Crippen molar-refractivity contribution in [3.8, 4) is 0 Å². The minimum Gasteiger partial charge on any atom is -0.451 e. The number of fused-ring (bicyclic) bond motifs is 1. The summed E-state index contributed by atoms with van der Waals surface area (Å²) >= 11 is 12.1. The fourth-order valence-corrected chi connectivity index (χ4v) is 6.24. The minimum absolute atomic E-state index is 0.182. The number of halogens is 2. The highest BCUT2D eigenvalue weighted by Gasteiger charge is 2.31. The normalized spacial score (nSPS) is 15.9. The van der Waals surface area contributed by atoms with Gasteiger partial charge in [-0.2, -0.15) is 0 Å². The first-order valence-electron chi connectivity index (χ1n) is 14.9. The van der Waals surface area contributed by atoms with Crippen LogP contribution >= 0.6 is 23.2 Å². The van der Waals surface area contributed by atoms with Crippen molar-refractivity contribution in [1.82, 2.24) is 15.1 Å². The van der Waals surface area contributed by atoms with Crippen molar-refractivity contribution in [2.75, 3.05) is 37.6 Å². The number of para-hydroxylation sites is 1. The van der Waals surface area contributed by atoms with Gasteiger partial charge in [0.25, 0.3) is 5.91 Å². The Labute approximate surface area is 270 Å². The highest BCUT2D eigenvalue weighted by atomic mass is 35.5. The van der Waals surface area contributed by atoms with Gasteiger partial charge in [0, 0.05) is 73.9 Å². The van der Waals surface area contributed by atoms with Crippen molar-refractivity contribution in [1.29, 1.82) is 0 Å². The molecule has 1 aromatic heterocycles. The Bertz CT molecular complexity index is 1800. The van der Waals surface area contributed by atoms with Crippen LogP contribution in [-0.4, -0.2) is 66.3 Å². The minimum atomic E-state index is -0.912. The molecule has 232 valence electrons. The van der Waals surface area contributed by atoms with Crippen LogP contribution in [0.25, 0.3) is 11.0 Å². The lowest BCUT2D eigenvalue weighted by Gasteiger charge is -2.38. The zero-order valence-electron chi connectivity index (χ0n) is 24.5. The largest absolute Gasteiger partial charge is 0.451 e. The van der Waals surface area contributed by atoms with Crippen LogP contribution in [0.2, 0.25) is 10.0 Å². The third kappa shape index (κ3) is 7.00. The lowest BCUT2D eigenvalue weighted by molar-refractivity contribution is -0.133. The predicted molar refractivity (Wildman–Crippen MR) is 174 cm³/mol. The van der Waals surface area contributed by atoms with Gasteiger partial charge in [-0.1, -0.05) is 53.5 Å². The van der Waals surface area contributed by atoms with E-state index in [2.05, 4.69) is 22.3 Å². The number of hydrogen-bond donors (Lipinski definition) is 1. The molecule has 2 aliphatic rings. The van der Waals surface area contributed by atoms with Gasteiger partial charge in [-0.15, -0.1) is 0 Å². The maximum atomic E-state index is 13.9. The lowest BCUT2D eigenvalue weighted by atomic mass is 10.0. The van der Waals surface area contributed by atoms with Crippen LogP contribution in [0.3, 0.4) is 0 Å². The Hall–Kier alpha value is -4.34. The molecule has 6 rings (SSSR count). The second-order valence-electron chi connectivity index (χ2n) is 11.3. The summed E-state index contributed by atoms with van der Waals surface area (Å²) in [5.41, 5.74) is 2.78. The van der Waals surface area contributed by atoms with Crippen LogP contribution in [-0.2, 0) is 22.6 Å². The Kier molecular flexibility index (Phi) is 9.09. The summed E-state index contributed by atoms with van der Waals surface area (Å²) in [4.78, 5) is 58.2. The van der Waals surface area contributed by atoms with Gasteiger partial charge in [0.2, 0.25) is 11.8 Å². The number of rotatable bonds is 8. The van der Waals surface area contributed by atoms with Gasteiger partial charge in [0.1, 0.15) is 11.6 Å². The van der Waals surface area contributed by atoms with E-state index in [1.54, 1.807) is 23.1 Å². The molecule has 9 nitrogen and oxygen atoms in total. The van der Waals surface area contributed by atoms with Crippen LogP contribution in [0, 0.1) is 0 Å². The Morgan fingerprint density at radius 2 is 1.60 bits per heavy atom. The van der Waals surface area contributed by atoms with E-state index in [4.69, 9.17) is 27.6 Å². The summed E-state index contributed by atoms with van der Waals surface area (Å²) < 4.78 is 5.74. The van der Waals surface area contributed by atoms with Crippen molar-refractivity contribution >= 4 is 57.6 Å². The standard InChI is InChI=1S/C34H32Cl2N4O5/c35-24-9-7-22(8-10-24)18-27(37-33(43)31-20-29(41)26-19-25(36)11-12-30(26)45-31)34(44)39-16-14-38(15-17-39)28-5-2-1-4-23(28)21-40-13-3-6-32(40)42/h1-2,4-5,7-12,19-20,27H,3,6,13-18,21H2,(H,37,43)/t27-/m1/s1. The average Bonchev–Trinajstić information content (AvgIpc) is 3.45. The fourth-order valence-electron chi connectivity index (χ4n) is 5.94. The first kappa shape index (κ1) is 30.7. The first-order chi connectivity index (χ1) is 21.7. The van der Waals surface area contributed by atoms with Crippen LogP contribution in [0.15, 0.2) is 82.0 Å². The number of nitrogens with zero attached hydrogens (tertiary/aromatic N) is 3. The van der Waals surface area contributed by atoms with Crippen molar-refractivity contribution < 1.29 is 18.8 Å². The maximum absolute atomic E-state index is 13.9. The van der Waals surface area contributed by atoms with E-state index >= 15 is 0 Å². The molecule has 1 N–H and O–H groups in total. The van der Waals surface area contributed by atoms with Crippen LogP contribution in [0.4, 0.5) is 5.69 Å².